The van der Waals surface area contributed by atoms with Crippen LogP contribution in [0.5, 0.6) is 0 Å². The van der Waals surface area contributed by atoms with E-state index in [1.165, 1.54) is 7.11 Å². The number of aromatic nitrogens is 3. The molecule has 11 heteroatoms. The zero-order chi connectivity index (χ0) is 18.9. The maximum Gasteiger partial charge on any atom is 0.334 e. The number of nitrogens with zero attached hydrogens (tertiary/aromatic N) is 7. The summed E-state index contributed by atoms with van der Waals surface area (Å²) >= 11 is 0. The second-order valence-electron chi connectivity index (χ2n) is 5.85. The number of hydrogen-bond donors (Lipinski definition) is 0. The quantitative estimate of drug-likeness (QED) is 0.503. The van der Waals surface area contributed by atoms with Gasteiger partial charge in [0, 0.05) is 28.2 Å². The van der Waals surface area contributed by atoms with Gasteiger partial charge in [0.15, 0.2) is 0 Å². The summed E-state index contributed by atoms with van der Waals surface area (Å²) in [6.07, 6.45) is 0. The molecule has 1 aromatic heterocycles. The van der Waals surface area contributed by atoms with Crippen molar-refractivity contribution in [3.63, 3.8) is 0 Å². The molecule has 2 heterocycles. The van der Waals surface area contributed by atoms with E-state index in [0.717, 1.165) is 9.80 Å². The Kier molecular flexibility index (Phi) is 5.04. The number of anilines is 3. The highest BCUT2D eigenvalue weighted by Gasteiger charge is 2.46. The summed E-state index contributed by atoms with van der Waals surface area (Å²) in [6, 6.07) is -1.52. The van der Waals surface area contributed by atoms with Crippen molar-refractivity contribution in [3.8, 4) is 0 Å². The largest absolute Gasteiger partial charge is 0.468 e. The lowest BCUT2D eigenvalue weighted by atomic mass is 10.3. The molecule has 3 amide bonds. The average molecular weight is 351 g/mol. The Morgan fingerprint density at radius 2 is 1.60 bits per heavy atom. The molecule has 2 rings (SSSR count). The first-order chi connectivity index (χ1) is 11.7. The third kappa shape index (κ3) is 3.44. The van der Waals surface area contributed by atoms with Crippen LogP contribution in [0.25, 0.3) is 0 Å². The van der Waals surface area contributed by atoms with E-state index in [-0.39, 0.29) is 5.95 Å². The molecular weight excluding hydrogens is 330 g/mol. The molecule has 0 spiro atoms. The zero-order valence-electron chi connectivity index (χ0n) is 15.0. The van der Waals surface area contributed by atoms with Gasteiger partial charge in [0.1, 0.15) is 12.6 Å². The number of methoxy groups -OCH3 is 1. The summed E-state index contributed by atoms with van der Waals surface area (Å²) in [5.41, 5.74) is 0. The number of amides is 3. The van der Waals surface area contributed by atoms with Gasteiger partial charge in [-0.1, -0.05) is 0 Å². The van der Waals surface area contributed by atoms with Crippen molar-refractivity contribution in [1.82, 2.24) is 19.9 Å². The van der Waals surface area contributed by atoms with Gasteiger partial charge in [-0.25, -0.2) is 9.69 Å². The van der Waals surface area contributed by atoms with Crippen LogP contribution in [0.2, 0.25) is 0 Å². The smallest absolute Gasteiger partial charge is 0.334 e. The molecule has 0 saturated carbocycles. The summed E-state index contributed by atoms with van der Waals surface area (Å²) in [4.78, 5) is 54.5. The first-order valence-corrected chi connectivity index (χ1v) is 7.49. The van der Waals surface area contributed by atoms with Crippen molar-refractivity contribution in [1.29, 1.82) is 0 Å². The first kappa shape index (κ1) is 18.4. The summed E-state index contributed by atoms with van der Waals surface area (Å²) in [5.74, 6) is -0.483. The molecule has 11 nitrogen and oxygen atoms in total. The molecule has 1 aliphatic rings. The average Bonchev–Trinajstić information content (AvgIpc) is 2.77. The van der Waals surface area contributed by atoms with Gasteiger partial charge >= 0.3 is 12.0 Å². The van der Waals surface area contributed by atoms with Crippen LogP contribution in [-0.4, -0.2) is 85.6 Å². The van der Waals surface area contributed by atoms with Crippen molar-refractivity contribution >= 4 is 35.8 Å². The van der Waals surface area contributed by atoms with E-state index >= 15 is 0 Å². The molecule has 1 atom stereocenters. The Balaban J connectivity index is 2.45. The summed E-state index contributed by atoms with van der Waals surface area (Å²) < 4.78 is 4.53. The highest BCUT2D eigenvalue weighted by atomic mass is 16.5. The third-order valence-corrected chi connectivity index (χ3v) is 3.58. The molecule has 0 N–H and O–H groups in total. The molecule has 0 aromatic carbocycles. The Labute approximate surface area is 145 Å². The van der Waals surface area contributed by atoms with Gasteiger partial charge in [-0.15, -0.1) is 0 Å². The van der Waals surface area contributed by atoms with Gasteiger partial charge in [0.2, 0.25) is 17.8 Å². The standard InChI is InChI=1S/C14H21N7O4/c1-8-10(23)20(7-9(22)25-6)14(24)21(8)13-16-11(18(2)3)15-12(17-13)19(4)5/h8H,7H2,1-6H3/t8-/m0/s1. The predicted molar refractivity (Wildman–Crippen MR) is 89.5 cm³/mol. The van der Waals surface area contributed by atoms with Crippen LogP contribution in [0.4, 0.5) is 22.6 Å². The van der Waals surface area contributed by atoms with Crippen LogP contribution in [0.15, 0.2) is 0 Å². The molecule has 0 unspecified atom stereocenters. The van der Waals surface area contributed by atoms with Crippen LogP contribution in [0.1, 0.15) is 6.92 Å². The highest BCUT2D eigenvalue weighted by molar-refractivity contribution is 6.14. The number of ether oxygens (including phenoxy) is 1. The summed E-state index contributed by atoms with van der Waals surface area (Å²) in [5, 5.41) is 0. The number of carbonyl (C=O) groups is 3. The number of rotatable bonds is 5. The molecule has 0 bridgehead atoms. The minimum absolute atomic E-state index is 0.0422. The van der Waals surface area contributed by atoms with Crippen molar-refractivity contribution in [2.45, 2.75) is 13.0 Å². The monoisotopic (exact) mass is 351 g/mol. The Morgan fingerprint density at radius 1 is 1.08 bits per heavy atom. The van der Waals surface area contributed by atoms with Gasteiger partial charge in [0.05, 0.1) is 7.11 Å². The second kappa shape index (κ2) is 6.87. The van der Waals surface area contributed by atoms with Crippen LogP contribution in [-0.2, 0) is 14.3 Å². The van der Waals surface area contributed by atoms with E-state index in [0.29, 0.717) is 11.9 Å². The number of imide groups is 1. The van der Waals surface area contributed by atoms with Crippen LogP contribution in [0.3, 0.4) is 0 Å². The fraction of sp³-hybridized carbons (Fsp3) is 0.571. The third-order valence-electron chi connectivity index (χ3n) is 3.58. The molecule has 25 heavy (non-hydrogen) atoms. The van der Waals surface area contributed by atoms with Crippen LogP contribution in [0, 0.1) is 0 Å². The fourth-order valence-corrected chi connectivity index (χ4v) is 2.17. The van der Waals surface area contributed by atoms with Crippen LogP contribution >= 0.6 is 0 Å². The number of urea groups is 1. The van der Waals surface area contributed by atoms with Crippen molar-refractivity contribution < 1.29 is 19.1 Å². The van der Waals surface area contributed by atoms with Gasteiger partial charge in [-0.2, -0.15) is 15.0 Å². The topological polar surface area (TPSA) is 112 Å². The molecule has 0 aliphatic carbocycles. The number of esters is 1. The van der Waals surface area contributed by atoms with Gasteiger partial charge in [0.25, 0.3) is 5.91 Å². The Hall–Kier alpha value is -2.98. The lowest BCUT2D eigenvalue weighted by Gasteiger charge is -2.21. The first-order valence-electron chi connectivity index (χ1n) is 7.49. The normalized spacial score (nSPS) is 17.1. The molecule has 1 saturated heterocycles. The molecule has 1 aromatic rings. The van der Waals surface area contributed by atoms with E-state index in [4.69, 9.17) is 0 Å². The maximum absolute atomic E-state index is 12.6. The van der Waals surface area contributed by atoms with Gasteiger partial charge < -0.3 is 14.5 Å². The molecule has 0 radical (unpaired) electrons. The number of carbonyl (C=O) groups excluding carboxylic acids is 3. The SMILES string of the molecule is COC(=O)CN1C(=O)[C@H](C)N(c2nc(N(C)C)nc(N(C)C)n2)C1=O. The van der Waals surface area contributed by atoms with Crippen LogP contribution < -0.4 is 14.7 Å². The second-order valence-corrected chi connectivity index (χ2v) is 5.85. The van der Waals surface area contributed by atoms with E-state index in [1.807, 2.05) is 0 Å². The zero-order valence-corrected chi connectivity index (χ0v) is 15.0. The van der Waals surface area contributed by atoms with E-state index < -0.39 is 30.5 Å². The molecule has 1 aliphatic heterocycles. The molecule has 1 fully saturated rings. The highest BCUT2D eigenvalue weighted by Crippen LogP contribution is 2.25. The Bertz CT molecular complexity index is 680. The van der Waals surface area contributed by atoms with Crippen molar-refractivity contribution in [3.05, 3.63) is 0 Å². The molecular formula is C14H21N7O4. The summed E-state index contributed by atoms with van der Waals surface area (Å²) in [6.45, 7) is 1.09. The minimum atomic E-state index is -0.843. The summed E-state index contributed by atoms with van der Waals surface area (Å²) in [7, 11) is 8.20. The predicted octanol–water partition coefficient (Wildman–Crippen LogP) is -0.666. The van der Waals surface area contributed by atoms with Gasteiger partial charge in [-0.3, -0.25) is 14.5 Å². The minimum Gasteiger partial charge on any atom is -0.468 e. The van der Waals surface area contributed by atoms with Crippen molar-refractivity contribution in [2.24, 2.45) is 0 Å². The van der Waals surface area contributed by atoms with E-state index in [9.17, 15) is 14.4 Å². The molecule has 136 valence electrons. The maximum atomic E-state index is 12.6. The fourth-order valence-electron chi connectivity index (χ4n) is 2.17. The van der Waals surface area contributed by atoms with E-state index in [2.05, 4.69) is 19.7 Å². The Morgan fingerprint density at radius 3 is 2.04 bits per heavy atom. The van der Waals surface area contributed by atoms with Gasteiger partial charge in [-0.05, 0) is 6.92 Å². The lowest BCUT2D eigenvalue weighted by Crippen LogP contribution is -2.38. The lowest BCUT2D eigenvalue weighted by molar-refractivity contribution is -0.144. The number of hydrogen-bond acceptors (Lipinski definition) is 9. The van der Waals surface area contributed by atoms with Crippen molar-refractivity contribution in [2.75, 3.05) is 56.5 Å². The van der Waals surface area contributed by atoms with E-state index in [1.54, 1.807) is 44.9 Å².